The molecule has 0 radical (unpaired) electrons. The van der Waals surface area contributed by atoms with Crippen LogP contribution in [0.2, 0.25) is 0 Å². The Morgan fingerprint density at radius 3 is 3.07 bits per heavy atom. The van der Waals surface area contributed by atoms with Crippen LogP contribution in [0, 0.1) is 0 Å². The Morgan fingerprint density at radius 1 is 1.57 bits per heavy atom. The fourth-order valence-electron chi connectivity index (χ4n) is 1.68. The Kier molecular flexibility index (Phi) is 3.47. The lowest BCUT2D eigenvalue weighted by atomic mass is 10.1. The standard InChI is InChI=1S/C10H16N2S2/c1-7(2)10-9(12-6-14-10)8-5-11-3-4-13-8/h6-8,11H,3-5H2,1-2H3. The topological polar surface area (TPSA) is 24.9 Å². The Hall–Kier alpha value is -0.0600. The van der Waals surface area contributed by atoms with Gasteiger partial charge in [-0.15, -0.1) is 23.1 Å². The number of thioether (sulfide) groups is 1. The summed E-state index contributed by atoms with van der Waals surface area (Å²) in [5, 5.41) is 4.01. The summed E-state index contributed by atoms with van der Waals surface area (Å²) >= 11 is 3.83. The second-order valence-electron chi connectivity index (χ2n) is 3.82. The van der Waals surface area contributed by atoms with Crippen LogP contribution in [0.25, 0.3) is 0 Å². The first kappa shape index (κ1) is 10.5. The number of hydrogen-bond acceptors (Lipinski definition) is 4. The Balaban J connectivity index is 2.17. The highest BCUT2D eigenvalue weighted by atomic mass is 32.2. The quantitative estimate of drug-likeness (QED) is 0.842. The van der Waals surface area contributed by atoms with Gasteiger partial charge in [0.05, 0.1) is 16.5 Å². The smallest absolute Gasteiger partial charge is 0.0798 e. The van der Waals surface area contributed by atoms with E-state index < -0.39 is 0 Å². The molecule has 4 heteroatoms. The zero-order chi connectivity index (χ0) is 9.97. The van der Waals surface area contributed by atoms with Gasteiger partial charge in [-0.1, -0.05) is 13.8 Å². The molecule has 2 nitrogen and oxygen atoms in total. The molecular formula is C10H16N2S2. The summed E-state index contributed by atoms with van der Waals surface area (Å²) in [6.07, 6.45) is 0. The molecule has 0 saturated carbocycles. The largest absolute Gasteiger partial charge is 0.314 e. The summed E-state index contributed by atoms with van der Waals surface area (Å²) in [6.45, 7) is 6.71. The van der Waals surface area contributed by atoms with Gasteiger partial charge in [0.15, 0.2) is 0 Å². The molecule has 0 aliphatic carbocycles. The fraction of sp³-hybridized carbons (Fsp3) is 0.700. The molecule has 78 valence electrons. The lowest BCUT2D eigenvalue weighted by molar-refractivity contribution is 0.675. The van der Waals surface area contributed by atoms with E-state index in [1.165, 1.54) is 16.3 Å². The lowest BCUT2D eigenvalue weighted by Gasteiger charge is -2.22. The van der Waals surface area contributed by atoms with Gasteiger partial charge >= 0.3 is 0 Å². The fourth-order valence-corrected chi connectivity index (χ4v) is 3.75. The Morgan fingerprint density at radius 2 is 2.43 bits per heavy atom. The Bertz CT molecular complexity index is 290. The van der Waals surface area contributed by atoms with Crippen molar-refractivity contribution >= 4 is 23.1 Å². The molecule has 2 heterocycles. The average molecular weight is 228 g/mol. The van der Waals surface area contributed by atoms with E-state index in [0.717, 1.165) is 13.1 Å². The van der Waals surface area contributed by atoms with E-state index in [1.807, 2.05) is 17.3 Å². The number of hydrogen-bond donors (Lipinski definition) is 1. The molecule has 0 bridgehead atoms. The highest BCUT2D eigenvalue weighted by molar-refractivity contribution is 7.99. The van der Waals surface area contributed by atoms with E-state index >= 15 is 0 Å². The number of thiazole rings is 1. The van der Waals surface area contributed by atoms with Gasteiger partial charge in [0.25, 0.3) is 0 Å². The second kappa shape index (κ2) is 4.64. The molecule has 1 aliphatic rings. The van der Waals surface area contributed by atoms with Crippen LogP contribution in [-0.2, 0) is 0 Å². The van der Waals surface area contributed by atoms with Crippen LogP contribution < -0.4 is 5.32 Å². The van der Waals surface area contributed by atoms with Gasteiger partial charge in [-0.25, -0.2) is 4.98 Å². The summed E-state index contributed by atoms with van der Waals surface area (Å²) in [6, 6.07) is 0. The summed E-state index contributed by atoms with van der Waals surface area (Å²) in [5.74, 6) is 1.82. The number of nitrogens with zero attached hydrogens (tertiary/aromatic N) is 1. The molecule has 1 fully saturated rings. The summed E-state index contributed by atoms with van der Waals surface area (Å²) in [7, 11) is 0. The van der Waals surface area contributed by atoms with Gasteiger partial charge in [0.1, 0.15) is 0 Å². The van der Waals surface area contributed by atoms with Crippen molar-refractivity contribution in [2.75, 3.05) is 18.8 Å². The van der Waals surface area contributed by atoms with Gasteiger partial charge in [0.2, 0.25) is 0 Å². The molecule has 1 atom stereocenters. The zero-order valence-corrected chi connectivity index (χ0v) is 10.3. The average Bonchev–Trinajstić information content (AvgIpc) is 2.67. The predicted molar refractivity (Wildman–Crippen MR) is 64.3 cm³/mol. The van der Waals surface area contributed by atoms with Crippen molar-refractivity contribution in [3.63, 3.8) is 0 Å². The van der Waals surface area contributed by atoms with E-state index in [9.17, 15) is 0 Å². The second-order valence-corrected chi connectivity index (χ2v) is 6.02. The predicted octanol–water partition coefficient (Wildman–Crippen LogP) is 2.64. The van der Waals surface area contributed by atoms with Crippen LogP contribution in [-0.4, -0.2) is 23.8 Å². The number of nitrogens with one attached hydrogen (secondary N) is 1. The van der Waals surface area contributed by atoms with Gasteiger partial charge in [-0.05, 0) is 5.92 Å². The third kappa shape index (κ3) is 2.12. The summed E-state index contributed by atoms with van der Waals surface area (Å²) in [5.41, 5.74) is 3.31. The van der Waals surface area contributed by atoms with Crippen LogP contribution >= 0.6 is 23.1 Å². The number of rotatable bonds is 2. The van der Waals surface area contributed by atoms with Crippen molar-refractivity contribution in [3.8, 4) is 0 Å². The minimum atomic E-state index is 0.576. The lowest BCUT2D eigenvalue weighted by Crippen LogP contribution is -2.28. The van der Waals surface area contributed by atoms with Crippen molar-refractivity contribution < 1.29 is 0 Å². The molecule has 1 saturated heterocycles. The normalized spacial score (nSPS) is 22.9. The van der Waals surface area contributed by atoms with Gasteiger partial charge < -0.3 is 5.32 Å². The third-order valence-corrected chi connectivity index (χ3v) is 4.76. The van der Waals surface area contributed by atoms with Gasteiger partial charge in [-0.3, -0.25) is 0 Å². The maximum Gasteiger partial charge on any atom is 0.0798 e. The molecule has 2 rings (SSSR count). The van der Waals surface area contributed by atoms with Crippen LogP contribution in [0.1, 0.15) is 35.6 Å². The minimum absolute atomic E-state index is 0.576. The van der Waals surface area contributed by atoms with E-state index in [0.29, 0.717) is 11.2 Å². The van der Waals surface area contributed by atoms with Gasteiger partial charge in [-0.2, -0.15) is 0 Å². The van der Waals surface area contributed by atoms with Crippen molar-refractivity contribution in [2.45, 2.75) is 25.0 Å². The molecule has 1 aromatic heterocycles. The molecule has 1 aliphatic heterocycles. The SMILES string of the molecule is CC(C)c1scnc1C1CNCCS1. The maximum atomic E-state index is 4.52. The maximum absolute atomic E-state index is 4.52. The van der Waals surface area contributed by atoms with Crippen molar-refractivity contribution in [1.29, 1.82) is 0 Å². The zero-order valence-electron chi connectivity index (χ0n) is 8.62. The van der Waals surface area contributed by atoms with Crippen molar-refractivity contribution in [2.24, 2.45) is 0 Å². The molecule has 1 unspecified atom stereocenters. The van der Waals surface area contributed by atoms with Gasteiger partial charge in [0, 0.05) is 23.7 Å². The first-order valence-electron chi connectivity index (χ1n) is 5.04. The highest BCUT2D eigenvalue weighted by Gasteiger charge is 2.22. The molecule has 1 aromatic rings. The van der Waals surface area contributed by atoms with Crippen LogP contribution in [0.5, 0.6) is 0 Å². The van der Waals surface area contributed by atoms with E-state index in [2.05, 4.69) is 24.1 Å². The van der Waals surface area contributed by atoms with Crippen LogP contribution in [0.3, 0.4) is 0 Å². The van der Waals surface area contributed by atoms with Crippen LogP contribution in [0.4, 0.5) is 0 Å². The number of aromatic nitrogens is 1. The molecule has 0 amide bonds. The monoisotopic (exact) mass is 228 g/mol. The Labute approximate surface area is 93.5 Å². The first-order valence-corrected chi connectivity index (χ1v) is 6.97. The molecule has 0 aromatic carbocycles. The minimum Gasteiger partial charge on any atom is -0.314 e. The molecular weight excluding hydrogens is 212 g/mol. The molecule has 0 spiro atoms. The molecule has 14 heavy (non-hydrogen) atoms. The third-order valence-electron chi connectivity index (χ3n) is 2.38. The highest BCUT2D eigenvalue weighted by Crippen LogP contribution is 2.35. The van der Waals surface area contributed by atoms with E-state index in [1.54, 1.807) is 11.3 Å². The van der Waals surface area contributed by atoms with E-state index in [-0.39, 0.29) is 0 Å². The molecule has 1 N–H and O–H groups in total. The summed E-state index contributed by atoms with van der Waals surface area (Å²) in [4.78, 5) is 5.98. The summed E-state index contributed by atoms with van der Waals surface area (Å²) < 4.78 is 0. The van der Waals surface area contributed by atoms with E-state index in [4.69, 9.17) is 0 Å². The first-order chi connectivity index (χ1) is 6.79. The van der Waals surface area contributed by atoms with Crippen molar-refractivity contribution in [1.82, 2.24) is 10.3 Å². The van der Waals surface area contributed by atoms with Crippen LogP contribution in [0.15, 0.2) is 5.51 Å². The van der Waals surface area contributed by atoms with Crippen molar-refractivity contribution in [3.05, 3.63) is 16.1 Å².